The molecule has 0 heterocycles. The number of alkyl halides is 1. The second-order valence-corrected chi connectivity index (χ2v) is 5.37. The van der Waals surface area contributed by atoms with Crippen LogP contribution in [0.15, 0.2) is 0 Å². The number of hydrogen-bond donors (Lipinski definition) is 0. The molecule has 2 heteroatoms. The highest BCUT2D eigenvalue weighted by Crippen LogP contribution is 2.13. The smallest absolute Gasteiger partial charge is 0.153 e. The van der Waals surface area contributed by atoms with Crippen LogP contribution in [0.5, 0.6) is 0 Å². The van der Waals surface area contributed by atoms with Gasteiger partial charge in [0.25, 0.3) is 0 Å². The summed E-state index contributed by atoms with van der Waals surface area (Å²) in [5, 5.41) is 0. The van der Waals surface area contributed by atoms with E-state index in [4.69, 9.17) is 0 Å². The van der Waals surface area contributed by atoms with Gasteiger partial charge in [0.15, 0.2) is 6.30 Å². The minimum atomic E-state index is -0.746. The summed E-state index contributed by atoms with van der Waals surface area (Å²) in [6.45, 7) is 2.26. The van der Waals surface area contributed by atoms with Crippen molar-refractivity contribution in [3.63, 3.8) is 0 Å². The second-order valence-electron chi connectivity index (χ2n) is 5.37. The molecule has 0 spiro atoms. The Bertz CT molecular complexity index is 148. The van der Waals surface area contributed by atoms with E-state index >= 15 is 0 Å². The molecule has 1 atom stereocenters. The van der Waals surface area contributed by atoms with Crippen molar-refractivity contribution >= 4 is 0 Å². The quantitative estimate of drug-likeness (QED) is 0.339. The average Bonchev–Trinajstić information content (AvgIpc) is 2.31. The van der Waals surface area contributed by atoms with Crippen LogP contribution in [0.4, 0.5) is 4.39 Å². The highest BCUT2D eigenvalue weighted by atomic mass is 19.1. The van der Waals surface area contributed by atoms with Crippen LogP contribution >= 0.6 is 0 Å². The van der Waals surface area contributed by atoms with Crippen molar-refractivity contribution in [2.24, 2.45) is 0 Å². The van der Waals surface area contributed by atoms with Gasteiger partial charge in [0.05, 0.1) is 0 Å². The summed E-state index contributed by atoms with van der Waals surface area (Å²) in [4.78, 5) is 1.66. The Kier molecular flexibility index (Phi) is 12.3. The van der Waals surface area contributed by atoms with Crippen LogP contribution in [0.25, 0.3) is 0 Å². The molecule has 0 aromatic rings. The lowest BCUT2D eigenvalue weighted by Crippen LogP contribution is -2.22. The van der Waals surface area contributed by atoms with Crippen LogP contribution < -0.4 is 0 Å². The first kappa shape index (κ1) is 16.9. The van der Waals surface area contributed by atoms with Gasteiger partial charge in [-0.3, -0.25) is 4.90 Å². The summed E-state index contributed by atoms with van der Waals surface area (Å²) in [5.74, 6) is 0. The Morgan fingerprint density at radius 2 is 1.18 bits per heavy atom. The monoisotopic (exact) mass is 245 g/mol. The predicted molar refractivity (Wildman–Crippen MR) is 75.0 cm³/mol. The zero-order valence-corrected chi connectivity index (χ0v) is 12.2. The fourth-order valence-corrected chi connectivity index (χ4v) is 2.06. The number of unbranched alkanes of at least 4 members (excludes halogenated alkanes) is 9. The molecule has 0 rings (SSSR count). The normalized spacial score (nSPS) is 13.2. The van der Waals surface area contributed by atoms with Crippen LogP contribution in [-0.2, 0) is 0 Å². The van der Waals surface area contributed by atoms with Crippen molar-refractivity contribution in [2.45, 2.75) is 83.8 Å². The van der Waals surface area contributed by atoms with E-state index in [-0.39, 0.29) is 0 Å². The van der Waals surface area contributed by atoms with E-state index in [9.17, 15) is 4.39 Å². The molecule has 0 saturated heterocycles. The Balaban J connectivity index is 3.03. The molecule has 0 aliphatic heterocycles. The Morgan fingerprint density at radius 3 is 1.59 bits per heavy atom. The molecule has 0 bridgehead atoms. The minimum Gasteiger partial charge on any atom is -0.280 e. The summed E-state index contributed by atoms with van der Waals surface area (Å²) in [6.07, 6.45) is 13.1. The molecular weight excluding hydrogens is 213 g/mol. The largest absolute Gasteiger partial charge is 0.280 e. The highest BCUT2D eigenvalue weighted by Gasteiger charge is 2.07. The van der Waals surface area contributed by atoms with E-state index in [2.05, 4.69) is 6.92 Å². The molecule has 0 amide bonds. The first-order valence-corrected chi connectivity index (χ1v) is 7.49. The molecule has 1 nitrogen and oxygen atoms in total. The van der Waals surface area contributed by atoms with E-state index < -0.39 is 6.30 Å². The third-order valence-corrected chi connectivity index (χ3v) is 3.36. The van der Waals surface area contributed by atoms with Gasteiger partial charge >= 0.3 is 0 Å². The molecular formula is C15H32FN. The topological polar surface area (TPSA) is 3.24 Å². The van der Waals surface area contributed by atoms with Crippen molar-refractivity contribution in [3.8, 4) is 0 Å². The Hall–Kier alpha value is -0.110. The van der Waals surface area contributed by atoms with Gasteiger partial charge in [0.1, 0.15) is 0 Å². The van der Waals surface area contributed by atoms with Crippen LogP contribution in [-0.4, -0.2) is 25.3 Å². The maximum absolute atomic E-state index is 13.2. The molecule has 0 fully saturated rings. The van der Waals surface area contributed by atoms with Gasteiger partial charge in [-0.15, -0.1) is 0 Å². The number of nitrogens with zero attached hydrogens (tertiary/aromatic N) is 1. The fraction of sp³-hybridized carbons (Fsp3) is 1.00. The van der Waals surface area contributed by atoms with Gasteiger partial charge in [-0.2, -0.15) is 0 Å². The van der Waals surface area contributed by atoms with E-state index in [1.807, 2.05) is 0 Å². The average molecular weight is 245 g/mol. The Morgan fingerprint density at radius 1 is 0.765 bits per heavy atom. The molecule has 104 valence electrons. The molecule has 1 unspecified atom stereocenters. The van der Waals surface area contributed by atoms with Crippen molar-refractivity contribution < 1.29 is 4.39 Å². The van der Waals surface area contributed by atoms with Gasteiger partial charge in [-0.25, -0.2) is 4.39 Å². The van der Waals surface area contributed by atoms with Crippen molar-refractivity contribution in [3.05, 3.63) is 0 Å². The van der Waals surface area contributed by atoms with Crippen molar-refractivity contribution in [1.82, 2.24) is 4.90 Å². The lowest BCUT2D eigenvalue weighted by atomic mass is 10.1. The molecule has 0 aliphatic carbocycles. The maximum Gasteiger partial charge on any atom is 0.153 e. The van der Waals surface area contributed by atoms with Gasteiger partial charge in [-0.1, -0.05) is 64.7 Å². The van der Waals surface area contributed by atoms with Gasteiger partial charge in [0.2, 0.25) is 0 Å². The van der Waals surface area contributed by atoms with Crippen molar-refractivity contribution in [1.29, 1.82) is 0 Å². The first-order valence-electron chi connectivity index (χ1n) is 7.49. The number of rotatable bonds is 12. The number of halogens is 1. The van der Waals surface area contributed by atoms with E-state index in [1.165, 1.54) is 57.8 Å². The van der Waals surface area contributed by atoms with Crippen LogP contribution in [0, 0.1) is 0 Å². The van der Waals surface area contributed by atoms with Gasteiger partial charge < -0.3 is 0 Å². The maximum atomic E-state index is 13.2. The third-order valence-electron chi connectivity index (χ3n) is 3.36. The highest BCUT2D eigenvalue weighted by molar-refractivity contribution is 4.53. The molecule has 0 radical (unpaired) electrons. The van der Waals surface area contributed by atoms with E-state index in [0.717, 1.165) is 6.42 Å². The summed E-state index contributed by atoms with van der Waals surface area (Å²) in [7, 11) is 3.61. The lowest BCUT2D eigenvalue weighted by Gasteiger charge is -2.15. The zero-order valence-electron chi connectivity index (χ0n) is 12.2. The Labute approximate surface area is 108 Å². The zero-order chi connectivity index (χ0) is 12.9. The summed E-state index contributed by atoms with van der Waals surface area (Å²) in [5.41, 5.74) is 0. The molecule has 0 aromatic carbocycles. The molecule has 0 saturated carbocycles. The molecule has 17 heavy (non-hydrogen) atoms. The van der Waals surface area contributed by atoms with E-state index in [1.54, 1.807) is 19.0 Å². The summed E-state index contributed by atoms with van der Waals surface area (Å²) in [6, 6.07) is 0. The summed E-state index contributed by atoms with van der Waals surface area (Å²) < 4.78 is 13.2. The SMILES string of the molecule is CCCCCCCCCCCCC(F)N(C)C. The third kappa shape index (κ3) is 12.1. The van der Waals surface area contributed by atoms with Crippen LogP contribution in [0.2, 0.25) is 0 Å². The molecule has 0 N–H and O–H groups in total. The lowest BCUT2D eigenvalue weighted by molar-refractivity contribution is 0.124. The molecule has 0 aromatic heterocycles. The standard InChI is InChI=1S/C15H32FN/c1-4-5-6-7-8-9-10-11-12-13-14-15(16)17(2)3/h15H,4-14H2,1-3H3. The first-order chi connectivity index (χ1) is 8.18. The van der Waals surface area contributed by atoms with Crippen molar-refractivity contribution in [2.75, 3.05) is 14.1 Å². The van der Waals surface area contributed by atoms with E-state index in [0.29, 0.717) is 6.42 Å². The van der Waals surface area contributed by atoms with Crippen LogP contribution in [0.3, 0.4) is 0 Å². The van der Waals surface area contributed by atoms with Gasteiger partial charge in [0, 0.05) is 0 Å². The fourth-order valence-electron chi connectivity index (χ4n) is 2.06. The van der Waals surface area contributed by atoms with Gasteiger partial charge in [-0.05, 0) is 26.9 Å². The second kappa shape index (κ2) is 12.3. The minimum absolute atomic E-state index is 0.698. The molecule has 0 aliphatic rings. The number of hydrogen-bond acceptors (Lipinski definition) is 1. The van der Waals surface area contributed by atoms with Crippen LogP contribution in [0.1, 0.15) is 77.6 Å². The summed E-state index contributed by atoms with van der Waals surface area (Å²) >= 11 is 0. The predicted octanol–water partition coefficient (Wildman–Crippen LogP) is 5.15.